The summed E-state index contributed by atoms with van der Waals surface area (Å²) in [6.07, 6.45) is 1.70. The highest BCUT2D eigenvalue weighted by Gasteiger charge is 2.11. The van der Waals surface area contributed by atoms with Crippen molar-refractivity contribution >= 4 is 38.8 Å². The van der Waals surface area contributed by atoms with E-state index >= 15 is 0 Å². The van der Waals surface area contributed by atoms with Crippen LogP contribution in [0.25, 0.3) is 10.8 Å². The van der Waals surface area contributed by atoms with Gasteiger partial charge in [0.05, 0.1) is 12.2 Å². The monoisotopic (exact) mass is 360 g/mol. The van der Waals surface area contributed by atoms with E-state index in [1.807, 2.05) is 42.5 Å². The van der Waals surface area contributed by atoms with E-state index in [0.717, 1.165) is 22.2 Å². The maximum absolute atomic E-state index is 12.3. The average Bonchev–Trinajstić information content (AvgIpc) is 3.16. The molecule has 2 N–H and O–H groups in total. The van der Waals surface area contributed by atoms with Crippen LogP contribution in [0.5, 0.6) is 0 Å². The van der Waals surface area contributed by atoms with Crippen molar-refractivity contribution in [2.24, 2.45) is 0 Å². The lowest BCUT2D eigenvalue weighted by Gasteiger charge is -2.07. The summed E-state index contributed by atoms with van der Waals surface area (Å²) >= 11 is 1.40. The third-order valence-corrected chi connectivity index (χ3v) is 4.68. The second-order valence-corrected chi connectivity index (χ2v) is 6.55. The van der Waals surface area contributed by atoms with Crippen LogP contribution in [-0.2, 0) is 6.54 Å². The summed E-state index contributed by atoms with van der Waals surface area (Å²) in [4.78, 5) is 20.9. The Kier molecular flexibility index (Phi) is 4.57. The van der Waals surface area contributed by atoms with Crippen LogP contribution in [0.4, 0.5) is 10.8 Å². The zero-order valence-electron chi connectivity index (χ0n) is 13.8. The number of carbonyl (C=O) groups is 1. The van der Waals surface area contributed by atoms with Crippen LogP contribution in [-0.4, -0.2) is 15.9 Å². The first-order valence-electron chi connectivity index (χ1n) is 8.18. The fourth-order valence-electron chi connectivity index (χ4n) is 2.65. The van der Waals surface area contributed by atoms with Crippen molar-refractivity contribution < 1.29 is 4.79 Å². The second kappa shape index (κ2) is 7.33. The lowest BCUT2D eigenvalue weighted by Crippen LogP contribution is -2.23. The highest BCUT2D eigenvalue weighted by Crippen LogP contribution is 2.27. The van der Waals surface area contributed by atoms with Gasteiger partial charge < -0.3 is 10.6 Å². The molecule has 0 unspecified atom stereocenters. The van der Waals surface area contributed by atoms with Crippen molar-refractivity contribution in [1.29, 1.82) is 0 Å². The van der Waals surface area contributed by atoms with Crippen LogP contribution < -0.4 is 10.6 Å². The Labute approximate surface area is 154 Å². The first kappa shape index (κ1) is 16.2. The predicted molar refractivity (Wildman–Crippen MR) is 105 cm³/mol. The van der Waals surface area contributed by atoms with Crippen LogP contribution in [0.1, 0.15) is 16.2 Å². The summed E-state index contributed by atoms with van der Waals surface area (Å²) in [5.41, 5.74) is 2.18. The molecule has 0 saturated carbocycles. The fraction of sp³-hybridized carbons (Fsp3) is 0.0500. The van der Waals surface area contributed by atoms with Crippen molar-refractivity contribution in [2.45, 2.75) is 6.54 Å². The van der Waals surface area contributed by atoms with Gasteiger partial charge in [-0.25, -0.2) is 4.98 Å². The van der Waals surface area contributed by atoms with Gasteiger partial charge in [-0.05, 0) is 23.6 Å². The van der Waals surface area contributed by atoms with Crippen LogP contribution in [0, 0.1) is 0 Å². The molecule has 2 aromatic heterocycles. The molecule has 4 aromatic rings. The summed E-state index contributed by atoms with van der Waals surface area (Å²) in [6, 6.07) is 19.8. The smallest absolute Gasteiger partial charge is 0.271 e. The Hall–Kier alpha value is -3.25. The first-order valence-corrected chi connectivity index (χ1v) is 9.06. The molecule has 5 nitrogen and oxygen atoms in total. The number of nitrogens with one attached hydrogen (secondary N) is 2. The summed E-state index contributed by atoms with van der Waals surface area (Å²) in [6.45, 7) is 0.378. The van der Waals surface area contributed by atoms with Crippen molar-refractivity contribution in [3.05, 3.63) is 83.6 Å². The number of benzene rings is 2. The first-order chi connectivity index (χ1) is 12.8. The Bertz CT molecular complexity index is 1040. The molecule has 0 spiro atoms. The van der Waals surface area contributed by atoms with Gasteiger partial charge in [0.25, 0.3) is 5.91 Å². The lowest BCUT2D eigenvalue weighted by molar-refractivity contribution is 0.0946. The molecule has 6 heteroatoms. The Morgan fingerprint density at radius 3 is 2.73 bits per heavy atom. The number of pyridine rings is 1. The molecule has 0 aliphatic heterocycles. The fourth-order valence-corrected chi connectivity index (χ4v) is 3.35. The van der Waals surface area contributed by atoms with Gasteiger partial charge in [-0.3, -0.25) is 9.78 Å². The third-order valence-electron chi connectivity index (χ3n) is 3.92. The van der Waals surface area contributed by atoms with Gasteiger partial charge in [0.2, 0.25) is 0 Å². The van der Waals surface area contributed by atoms with E-state index in [9.17, 15) is 4.79 Å². The molecule has 0 saturated heterocycles. The minimum Gasteiger partial charge on any atom is -0.345 e. The van der Waals surface area contributed by atoms with E-state index in [4.69, 9.17) is 0 Å². The largest absolute Gasteiger partial charge is 0.345 e. The summed E-state index contributed by atoms with van der Waals surface area (Å²) in [5.74, 6) is -0.210. The van der Waals surface area contributed by atoms with Crippen LogP contribution >= 0.6 is 11.3 Å². The van der Waals surface area contributed by atoms with Crippen molar-refractivity contribution in [3.63, 3.8) is 0 Å². The number of hydrogen-bond acceptors (Lipinski definition) is 5. The molecular weight excluding hydrogens is 344 g/mol. The SMILES string of the molecule is O=C(NCc1ccccn1)c1csc(Nc2cccc3ccccc23)n1. The third kappa shape index (κ3) is 3.55. The van der Waals surface area contributed by atoms with Crippen molar-refractivity contribution in [3.8, 4) is 0 Å². The number of amides is 1. The Morgan fingerprint density at radius 1 is 1.00 bits per heavy atom. The molecule has 0 bridgehead atoms. The molecule has 0 atom stereocenters. The predicted octanol–water partition coefficient (Wildman–Crippen LogP) is 4.36. The van der Waals surface area contributed by atoms with Crippen molar-refractivity contribution in [2.75, 3.05) is 5.32 Å². The summed E-state index contributed by atoms with van der Waals surface area (Å²) in [7, 11) is 0. The molecule has 2 aromatic carbocycles. The number of fused-ring (bicyclic) bond motifs is 1. The van der Waals surface area contributed by atoms with Crippen LogP contribution in [0.2, 0.25) is 0 Å². The molecule has 0 aliphatic carbocycles. The maximum Gasteiger partial charge on any atom is 0.271 e. The van der Waals surface area contributed by atoms with Gasteiger partial charge >= 0.3 is 0 Å². The number of anilines is 2. The molecule has 0 fully saturated rings. The quantitative estimate of drug-likeness (QED) is 0.555. The Morgan fingerprint density at radius 2 is 1.85 bits per heavy atom. The normalized spacial score (nSPS) is 10.6. The van der Waals surface area contributed by atoms with E-state index in [1.54, 1.807) is 11.6 Å². The number of rotatable bonds is 5. The molecule has 0 radical (unpaired) electrons. The standard InChI is InChI=1S/C20H16N4OS/c25-19(22-12-15-8-3-4-11-21-15)18-13-26-20(24-18)23-17-10-5-7-14-6-1-2-9-16(14)17/h1-11,13H,12H2,(H,22,25)(H,23,24). The lowest BCUT2D eigenvalue weighted by atomic mass is 10.1. The van der Waals surface area contributed by atoms with E-state index in [1.165, 1.54) is 11.3 Å². The van der Waals surface area contributed by atoms with E-state index in [2.05, 4.69) is 38.8 Å². The molecular formula is C20H16N4OS. The van der Waals surface area contributed by atoms with Gasteiger partial charge in [-0.2, -0.15) is 0 Å². The molecule has 128 valence electrons. The van der Waals surface area contributed by atoms with Crippen molar-refractivity contribution in [1.82, 2.24) is 15.3 Å². The van der Waals surface area contributed by atoms with E-state index in [0.29, 0.717) is 17.4 Å². The van der Waals surface area contributed by atoms with Gasteiger partial charge in [0.1, 0.15) is 5.69 Å². The van der Waals surface area contributed by atoms with Gasteiger partial charge in [-0.15, -0.1) is 11.3 Å². The zero-order valence-corrected chi connectivity index (χ0v) is 14.7. The van der Waals surface area contributed by atoms with E-state index < -0.39 is 0 Å². The van der Waals surface area contributed by atoms with Gasteiger partial charge in [0.15, 0.2) is 5.13 Å². The molecule has 1 amide bonds. The van der Waals surface area contributed by atoms with E-state index in [-0.39, 0.29) is 5.91 Å². The summed E-state index contributed by atoms with van der Waals surface area (Å²) < 4.78 is 0. The summed E-state index contributed by atoms with van der Waals surface area (Å²) in [5, 5.41) is 10.9. The number of nitrogens with zero attached hydrogens (tertiary/aromatic N) is 2. The number of hydrogen-bond donors (Lipinski definition) is 2. The zero-order chi connectivity index (χ0) is 17.8. The molecule has 26 heavy (non-hydrogen) atoms. The minimum atomic E-state index is -0.210. The second-order valence-electron chi connectivity index (χ2n) is 5.69. The highest BCUT2D eigenvalue weighted by molar-refractivity contribution is 7.14. The van der Waals surface area contributed by atoms with Crippen LogP contribution in [0.15, 0.2) is 72.2 Å². The molecule has 4 rings (SSSR count). The molecule has 2 heterocycles. The molecule has 0 aliphatic rings. The van der Waals surface area contributed by atoms with Gasteiger partial charge in [0, 0.05) is 22.7 Å². The van der Waals surface area contributed by atoms with Crippen LogP contribution in [0.3, 0.4) is 0 Å². The Balaban J connectivity index is 1.46. The minimum absolute atomic E-state index is 0.210. The number of thiazole rings is 1. The number of carbonyl (C=O) groups excluding carboxylic acids is 1. The average molecular weight is 360 g/mol. The maximum atomic E-state index is 12.3. The van der Waals surface area contributed by atoms with Gasteiger partial charge in [-0.1, -0.05) is 42.5 Å². The number of aromatic nitrogens is 2. The highest BCUT2D eigenvalue weighted by atomic mass is 32.1. The topological polar surface area (TPSA) is 66.9 Å².